The highest BCUT2D eigenvalue weighted by Crippen LogP contribution is 2.65. The van der Waals surface area contributed by atoms with E-state index in [-0.39, 0.29) is 53.7 Å². The SMILES string of the molecule is CC(C)C[C@H](NC(=O)[C@H](CCCN=C(N)N[N+](=O)[O-])CC(=O)CCCCc1cccs1)B1O[C@@H]2C[C@@H]3C[C@@H](C3(C)C)[C@]2(C)O1. The summed E-state index contributed by atoms with van der Waals surface area (Å²) in [7, 11) is -0.544. The highest BCUT2D eigenvalue weighted by molar-refractivity contribution is 7.09. The number of hydrogen-bond acceptors (Lipinski definition) is 8. The summed E-state index contributed by atoms with van der Waals surface area (Å²) in [6.45, 7) is 11.3. The smallest absolute Gasteiger partial charge is 0.404 e. The van der Waals surface area contributed by atoms with Crippen molar-refractivity contribution in [3.63, 3.8) is 0 Å². The molecule has 44 heavy (non-hydrogen) atoms. The second-order valence-corrected chi connectivity index (χ2v) is 15.1. The molecule has 0 unspecified atom stereocenters. The van der Waals surface area contributed by atoms with Gasteiger partial charge in [0, 0.05) is 30.2 Å². The van der Waals surface area contributed by atoms with E-state index in [9.17, 15) is 19.7 Å². The number of nitrogens with two attached hydrogens (primary N) is 1. The molecular weight excluding hydrogens is 581 g/mol. The van der Waals surface area contributed by atoms with Crippen LogP contribution in [0.2, 0.25) is 0 Å². The van der Waals surface area contributed by atoms with Crippen molar-refractivity contribution in [1.82, 2.24) is 10.7 Å². The van der Waals surface area contributed by atoms with Crippen molar-refractivity contribution in [3.05, 3.63) is 32.5 Å². The molecule has 0 radical (unpaired) electrons. The number of guanidine groups is 1. The first-order valence-electron chi connectivity index (χ1n) is 16.2. The second kappa shape index (κ2) is 14.7. The number of carbonyl (C=O) groups excluding carboxylic acids is 2. The van der Waals surface area contributed by atoms with E-state index in [0.717, 1.165) is 32.1 Å². The number of thiophene rings is 1. The number of carbonyl (C=O) groups is 2. The number of nitrogens with one attached hydrogen (secondary N) is 2. The summed E-state index contributed by atoms with van der Waals surface area (Å²) in [5.41, 5.74) is 7.21. The summed E-state index contributed by atoms with van der Waals surface area (Å²) in [6, 6.07) is 4.14. The lowest BCUT2D eigenvalue weighted by Crippen LogP contribution is -2.65. The van der Waals surface area contributed by atoms with E-state index in [1.54, 1.807) is 11.3 Å². The molecule has 6 atom stereocenters. The molecule has 1 aliphatic heterocycles. The molecule has 4 N–H and O–H groups in total. The van der Waals surface area contributed by atoms with Gasteiger partial charge < -0.3 is 20.4 Å². The van der Waals surface area contributed by atoms with Crippen molar-refractivity contribution in [1.29, 1.82) is 0 Å². The molecule has 0 spiro atoms. The van der Waals surface area contributed by atoms with Gasteiger partial charge in [0.25, 0.3) is 5.96 Å². The number of aliphatic imine (C=N–C) groups is 1. The molecule has 4 aliphatic rings. The third-order valence-electron chi connectivity index (χ3n) is 10.1. The van der Waals surface area contributed by atoms with E-state index in [1.807, 2.05) is 11.5 Å². The predicted octanol–water partition coefficient (Wildman–Crippen LogP) is 4.71. The number of unbranched alkanes of at least 4 members (excludes halogenated alkanes) is 1. The second-order valence-electron chi connectivity index (χ2n) is 14.1. The van der Waals surface area contributed by atoms with Crippen LogP contribution in [0.1, 0.15) is 97.3 Å². The first kappa shape index (κ1) is 34.4. The number of hydrogen-bond donors (Lipinski definition) is 3. The van der Waals surface area contributed by atoms with Gasteiger partial charge in [0.2, 0.25) is 5.91 Å². The molecule has 0 aromatic carbocycles. The molecule has 1 amide bonds. The fourth-order valence-electron chi connectivity index (χ4n) is 7.56. The molecule has 1 saturated heterocycles. The highest BCUT2D eigenvalue weighted by Gasteiger charge is 2.68. The van der Waals surface area contributed by atoms with E-state index in [2.05, 4.69) is 56.4 Å². The van der Waals surface area contributed by atoms with Crippen LogP contribution in [0, 0.1) is 39.2 Å². The molecule has 4 fully saturated rings. The monoisotopic (exact) mass is 631 g/mol. The Kier molecular flexibility index (Phi) is 11.5. The van der Waals surface area contributed by atoms with Crippen LogP contribution in [0.4, 0.5) is 0 Å². The summed E-state index contributed by atoms with van der Waals surface area (Å²) in [4.78, 5) is 42.8. The lowest BCUT2D eigenvalue weighted by atomic mass is 9.43. The zero-order valence-corrected chi connectivity index (χ0v) is 27.7. The topological polar surface area (TPSA) is 158 Å². The highest BCUT2D eigenvalue weighted by atomic mass is 32.1. The quantitative estimate of drug-likeness (QED) is 0.0557. The van der Waals surface area contributed by atoms with Gasteiger partial charge in [-0.05, 0) is 92.9 Å². The Morgan fingerprint density at radius 1 is 1.25 bits per heavy atom. The Morgan fingerprint density at radius 3 is 2.68 bits per heavy atom. The third kappa shape index (κ3) is 8.40. The predicted molar refractivity (Wildman–Crippen MR) is 172 cm³/mol. The Hall–Kier alpha value is -2.51. The minimum atomic E-state index is -0.769. The van der Waals surface area contributed by atoms with Gasteiger partial charge in [-0.25, -0.2) is 15.1 Å². The number of nitrogens with zero attached hydrogens (tertiary/aromatic N) is 2. The first-order valence-corrected chi connectivity index (χ1v) is 17.1. The minimum absolute atomic E-state index is 0.0125. The summed E-state index contributed by atoms with van der Waals surface area (Å²) < 4.78 is 13.3. The van der Waals surface area contributed by atoms with E-state index < -0.39 is 18.1 Å². The van der Waals surface area contributed by atoms with E-state index in [0.29, 0.717) is 43.4 Å². The molecule has 5 rings (SSSR count). The average Bonchev–Trinajstić information content (AvgIpc) is 3.58. The van der Waals surface area contributed by atoms with Gasteiger partial charge in [-0.15, -0.1) is 11.3 Å². The van der Waals surface area contributed by atoms with Crippen LogP contribution in [-0.2, 0) is 25.3 Å². The van der Waals surface area contributed by atoms with Crippen LogP contribution in [0.3, 0.4) is 0 Å². The summed E-state index contributed by atoms with van der Waals surface area (Å²) in [5.74, 6) is 0.0193. The van der Waals surface area contributed by atoms with E-state index in [4.69, 9.17) is 15.0 Å². The zero-order valence-electron chi connectivity index (χ0n) is 26.9. The van der Waals surface area contributed by atoms with Crippen LogP contribution in [-0.4, -0.2) is 54.0 Å². The third-order valence-corrected chi connectivity index (χ3v) is 11.0. The van der Waals surface area contributed by atoms with Crippen molar-refractivity contribution in [2.75, 3.05) is 6.54 Å². The molecule has 2 bridgehead atoms. The lowest BCUT2D eigenvalue weighted by molar-refractivity contribution is -0.525. The van der Waals surface area contributed by atoms with Gasteiger partial charge in [0.05, 0.1) is 17.6 Å². The molecule has 13 heteroatoms. The Balaban J connectivity index is 1.38. The number of Topliss-reactive ketones (excluding diaryl/α,β-unsaturated/α-hetero) is 1. The number of rotatable bonds is 17. The van der Waals surface area contributed by atoms with Crippen LogP contribution < -0.4 is 16.5 Å². The molecule has 1 aromatic rings. The molecule has 3 aliphatic carbocycles. The van der Waals surface area contributed by atoms with Crippen molar-refractivity contribution in [2.24, 2.45) is 39.8 Å². The van der Waals surface area contributed by atoms with Gasteiger partial charge in [-0.3, -0.25) is 9.59 Å². The maximum Gasteiger partial charge on any atom is 0.481 e. The van der Waals surface area contributed by atoms with E-state index >= 15 is 0 Å². The van der Waals surface area contributed by atoms with Crippen molar-refractivity contribution in [2.45, 2.75) is 116 Å². The molecule has 244 valence electrons. The molecular formula is C31H50BN5O6S. The van der Waals surface area contributed by atoms with Crippen LogP contribution in [0.15, 0.2) is 22.5 Å². The Labute approximate surface area is 265 Å². The largest absolute Gasteiger partial charge is 0.481 e. The van der Waals surface area contributed by atoms with Crippen molar-refractivity contribution >= 4 is 36.1 Å². The Bertz CT molecular complexity index is 1180. The molecule has 3 saturated carbocycles. The molecule has 11 nitrogen and oxygen atoms in total. The van der Waals surface area contributed by atoms with Crippen molar-refractivity contribution < 1.29 is 23.9 Å². The maximum absolute atomic E-state index is 13.8. The number of hydrazine groups is 1. The normalized spacial score (nSPS) is 26.9. The summed E-state index contributed by atoms with van der Waals surface area (Å²) >= 11 is 1.72. The fraction of sp³-hybridized carbons (Fsp3) is 0.774. The molecule has 2 heterocycles. The average molecular weight is 632 g/mol. The standard InChI is InChI=1S/C31H50BN5O6S/c1-20(2)16-27(32-42-26-19-22-18-25(30(22,3)4)31(26,5)43-32)35-28(39)21(10-8-14-34-29(33)36-37(40)41)17-23(38)11-6-7-12-24-13-9-15-44-24/h9,13,15,20-22,25-27H,6-8,10-12,14,16-19H2,1-5H3,(H,35,39)(H3,33,34,36)/t21-,22+,25+,26-,27+,31+/m1/s1. The van der Waals surface area contributed by atoms with Crippen LogP contribution in [0.25, 0.3) is 0 Å². The van der Waals surface area contributed by atoms with Gasteiger partial charge in [0.1, 0.15) is 5.78 Å². The van der Waals surface area contributed by atoms with Crippen LogP contribution in [0.5, 0.6) is 0 Å². The first-order chi connectivity index (χ1) is 20.8. The van der Waals surface area contributed by atoms with Gasteiger partial charge in [0.15, 0.2) is 5.03 Å². The van der Waals surface area contributed by atoms with Gasteiger partial charge in [-0.1, -0.05) is 39.2 Å². The molecule has 1 aromatic heterocycles. The maximum atomic E-state index is 13.8. The van der Waals surface area contributed by atoms with Crippen LogP contribution >= 0.6 is 11.3 Å². The van der Waals surface area contributed by atoms with E-state index in [1.165, 1.54) is 4.88 Å². The fourth-order valence-corrected chi connectivity index (χ4v) is 8.31. The lowest BCUT2D eigenvalue weighted by Gasteiger charge is -2.64. The summed E-state index contributed by atoms with van der Waals surface area (Å²) in [5, 5.41) is 15.1. The van der Waals surface area contributed by atoms with Crippen molar-refractivity contribution in [3.8, 4) is 0 Å². The number of nitro groups is 1. The minimum Gasteiger partial charge on any atom is -0.404 e. The zero-order chi connectivity index (χ0) is 32.1. The van der Waals surface area contributed by atoms with Gasteiger partial charge in [-0.2, -0.15) is 0 Å². The number of aryl methyl sites for hydroxylation is 1. The Morgan fingerprint density at radius 2 is 2.02 bits per heavy atom. The number of ketones is 1. The van der Waals surface area contributed by atoms with Gasteiger partial charge >= 0.3 is 7.12 Å². The number of amides is 1. The summed E-state index contributed by atoms with van der Waals surface area (Å²) in [6.07, 6.45) is 6.88.